The van der Waals surface area contributed by atoms with E-state index in [1.54, 1.807) is 24.5 Å². The minimum absolute atomic E-state index is 0.626. The zero-order chi connectivity index (χ0) is 10.7. The molecule has 0 fully saturated rings. The van der Waals surface area contributed by atoms with Crippen LogP contribution in [-0.4, -0.2) is 9.97 Å². The van der Waals surface area contributed by atoms with Crippen LogP contribution in [0.1, 0.15) is 11.3 Å². The third kappa shape index (κ3) is 2.00. The Morgan fingerprint density at radius 3 is 2.87 bits per heavy atom. The van der Waals surface area contributed by atoms with E-state index < -0.39 is 0 Å². The van der Waals surface area contributed by atoms with Crippen LogP contribution < -0.4 is 0 Å². The van der Waals surface area contributed by atoms with Crippen molar-refractivity contribution >= 4 is 0 Å². The Kier molecular flexibility index (Phi) is 2.42. The summed E-state index contributed by atoms with van der Waals surface area (Å²) < 4.78 is 0. The average molecular weight is 195 g/mol. The van der Waals surface area contributed by atoms with Gasteiger partial charge in [0.2, 0.25) is 0 Å². The molecule has 0 aliphatic rings. The molecule has 15 heavy (non-hydrogen) atoms. The second kappa shape index (κ2) is 3.89. The van der Waals surface area contributed by atoms with E-state index in [2.05, 4.69) is 16.0 Å². The lowest BCUT2D eigenvalue weighted by atomic mass is 10.1. The van der Waals surface area contributed by atoms with Gasteiger partial charge in [-0.15, -0.1) is 0 Å². The van der Waals surface area contributed by atoms with Gasteiger partial charge < -0.3 is 0 Å². The van der Waals surface area contributed by atoms with E-state index in [9.17, 15) is 0 Å². The van der Waals surface area contributed by atoms with Crippen LogP contribution in [0.25, 0.3) is 11.3 Å². The lowest BCUT2D eigenvalue weighted by molar-refractivity contribution is 1.19. The molecule has 72 valence electrons. The van der Waals surface area contributed by atoms with Crippen molar-refractivity contribution in [1.29, 1.82) is 5.26 Å². The first-order valence-corrected chi connectivity index (χ1v) is 4.59. The first-order chi connectivity index (χ1) is 7.29. The Bertz CT molecular complexity index is 512. The molecule has 2 heterocycles. The van der Waals surface area contributed by atoms with Crippen molar-refractivity contribution in [3.63, 3.8) is 0 Å². The first kappa shape index (κ1) is 9.35. The molecule has 0 saturated carbocycles. The molecule has 3 heteroatoms. The fourth-order valence-electron chi connectivity index (χ4n) is 1.40. The van der Waals surface area contributed by atoms with Crippen molar-refractivity contribution in [2.75, 3.05) is 0 Å². The van der Waals surface area contributed by atoms with Gasteiger partial charge in [0, 0.05) is 23.7 Å². The molecule has 0 aliphatic carbocycles. The molecule has 2 aromatic heterocycles. The van der Waals surface area contributed by atoms with Gasteiger partial charge in [-0.05, 0) is 31.2 Å². The Hall–Kier alpha value is -2.21. The quantitative estimate of drug-likeness (QED) is 0.701. The highest BCUT2D eigenvalue weighted by atomic mass is 14.7. The Labute approximate surface area is 88.1 Å². The summed E-state index contributed by atoms with van der Waals surface area (Å²) in [5.41, 5.74) is 3.19. The predicted molar refractivity (Wildman–Crippen MR) is 56.9 cm³/mol. The summed E-state index contributed by atoms with van der Waals surface area (Å²) in [4.78, 5) is 8.38. The molecule has 0 N–H and O–H groups in total. The fraction of sp³-hybridized carbons (Fsp3) is 0.0833. The van der Waals surface area contributed by atoms with Crippen molar-refractivity contribution in [3.8, 4) is 17.3 Å². The van der Waals surface area contributed by atoms with Crippen LogP contribution in [0.15, 0.2) is 36.7 Å². The molecule has 0 aliphatic heterocycles. The van der Waals surface area contributed by atoms with Crippen LogP contribution in [0.4, 0.5) is 0 Å². The smallest absolute Gasteiger partial charge is 0.0993 e. The molecule has 2 aromatic rings. The van der Waals surface area contributed by atoms with Crippen molar-refractivity contribution in [2.45, 2.75) is 6.92 Å². The van der Waals surface area contributed by atoms with Crippen molar-refractivity contribution < 1.29 is 0 Å². The van der Waals surface area contributed by atoms with Crippen LogP contribution in [0.3, 0.4) is 0 Å². The van der Waals surface area contributed by atoms with E-state index in [0.717, 1.165) is 17.0 Å². The molecule has 0 saturated heterocycles. The fourth-order valence-corrected chi connectivity index (χ4v) is 1.40. The van der Waals surface area contributed by atoms with Gasteiger partial charge in [-0.1, -0.05) is 0 Å². The standard InChI is InChI=1S/C12H9N3/c1-9-5-10(7-13)6-12(15-9)11-3-2-4-14-8-11/h2-6,8H,1H3. The Balaban J connectivity index is 2.55. The molecule has 0 radical (unpaired) electrons. The minimum atomic E-state index is 0.626. The highest BCUT2D eigenvalue weighted by Crippen LogP contribution is 2.17. The van der Waals surface area contributed by atoms with E-state index in [4.69, 9.17) is 5.26 Å². The summed E-state index contributed by atoms with van der Waals surface area (Å²) in [5, 5.41) is 8.84. The second-order valence-corrected chi connectivity index (χ2v) is 3.24. The third-order valence-corrected chi connectivity index (χ3v) is 2.04. The molecule has 2 rings (SSSR count). The summed E-state index contributed by atoms with van der Waals surface area (Å²) in [6, 6.07) is 9.43. The van der Waals surface area contributed by atoms with Gasteiger partial charge in [-0.2, -0.15) is 5.26 Å². The Morgan fingerprint density at radius 1 is 1.33 bits per heavy atom. The van der Waals surface area contributed by atoms with Crippen molar-refractivity contribution in [1.82, 2.24) is 9.97 Å². The normalized spacial score (nSPS) is 9.60. The van der Waals surface area contributed by atoms with Crippen molar-refractivity contribution in [2.24, 2.45) is 0 Å². The van der Waals surface area contributed by atoms with Crippen LogP contribution in [0.5, 0.6) is 0 Å². The number of rotatable bonds is 1. The minimum Gasteiger partial charge on any atom is -0.264 e. The lowest BCUT2D eigenvalue weighted by Crippen LogP contribution is -1.89. The molecule has 3 nitrogen and oxygen atoms in total. The molecule has 0 bridgehead atoms. The Morgan fingerprint density at radius 2 is 2.20 bits per heavy atom. The topological polar surface area (TPSA) is 49.6 Å². The van der Waals surface area contributed by atoms with Gasteiger partial charge in [0.15, 0.2) is 0 Å². The molecule has 0 amide bonds. The maximum atomic E-state index is 8.84. The van der Waals surface area contributed by atoms with Gasteiger partial charge >= 0.3 is 0 Å². The van der Waals surface area contributed by atoms with E-state index in [-0.39, 0.29) is 0 Å². The van der Waals surface area contributed by atoms with Crippen LogP contribution in [-0.2, 0) is 0 Å². The van der Waals surface area contributed by atoms with Crippen LogP contribution in [0, 0.1) is 18.3 Å². The number of pyridine rings is 2. The molecular formula is C12H9N3. The van der Waals surface area contributed by atoms with Crippen molar-refractivity contribution in [3.05, 3.63) is 47.9 Å². The summed E-state index contributed by atoms with van der Waals surface area (Å²) in [6.45, 7) is 1.88. The number of hydrogen-bond donors (Lipinski definition) is 0. The summed E-state index contributed by atoms with van der Waals surface area (Å²) in [5.74, 6) is 0. The number of hydrogen-bond acceptors (Lipinski definition) is 3. The van der Waals surface area contributed by atoms with E-state index in [1.165, 1.54) is 0 Å². The SMILES string of the molecule is Cc1cc(C#N)cc(-c2cccnc2)n1. The van der Waals surface area contributed by atoms with E-state index >= 15 is 0 Å². The third-order valence-electron chi connectivity index (χ3n) is 2.04. The lowest BCUT2D eigenvalue weighted by Gasteiger charge is -2.01. The van der Waals surface area contributed by atoms with Gasteiger partial charge in [0.05, 0.1) is 17.3 Å². The highest BCUT2D eigenvalue weighted by Gasteiger charge is 2.02. The van der Waals surface area contributed by atoms with Crippen LogP contribution in [0.2, 0.25) is 0 Å². The number of aryl methyl sites for hydroxylation is 1. The van der Waals surface area contributed by atoms with Gasteiger partial charge in [0.1, 0.15) is 0 Å². The summed E-state index contributed by atoms with van der Waals surface area (Å²) in [7, 11) is 0. The summed E-state index contributed by atoms with van der Waals surface area (Å²) in [6.07, 6.45) is 3.45. The van der Waals surface area contributed by atoms with Gasteiger partial charge in [-0.25, -0.2) is 0 Å². The van der Waals surface area contributed by atoms with Crippen LogP contribution >= 0.6 is 0 Å². The first-order valence-electron chi connectivity index (χ1n) is 4.59. The average Bonchev–Trinajstić information content (AvgIpc) is 2.29. The molecule has 0 atom stereocenters. The van der Waals surface area contributed by atoms with E-state index in [0.29, 0.717) is 5.56 Å². The van der Waals surface area contributed by atoms with E-state index in [1.807, 2.05) is 19.1 Å². The molecule has 0 spiro atoms. The maximum absolute atomic E-state index is 8.84. The highest BCUT2D eigenvalue weighted by molar-refractivity contribution is 5.59. The van der Waals surface area contributed by atoms with Gasteiger partial charge in [0.25, 0.3) is 0 Å². The number of nitrogens with zero attached hydrogens (tertiary/aromatic N) is 3. The summed E-state index contributed by atoms with van der Waals surface area (Å²) >= 11 is 0. The second-order valence-electron chi connectivity index (χ2n) is 3.24. The number of nitriles is 1. The predicted octanol–water partition coefficient (Wildman–Crippen LogP) is 2.32. The zero-order valence-electron chi connectivity index (χ0n) is 8.31. The number of aromatic nitrogens is 2. The largest absolute Gasteiger partial charge is 0.264 e. The van der Waals surface area contributed by atoms with Gasteiger partial charge in [-0.3, -0.25) is 9.97 Å². The maximum Gasteiger partial charge on any atom is 0.0993 e. The molecular weight excluding hydrogens is 186 g/mol. The molecule has 0 aromatic carbocycles. The molecule has 0 unspecified atom stereocenters. The zero-order valence-corrected chi connectivity index (χ0v) is 8.31. The monoisotopic (exact) mass is 195 g/mol.